The highest BCUT2D eigenvalue weighted by Crippen LogP contribution is 2.30. The molecule has 6 heteroatoms. The molecule has 6 nitrogen and oxygen atoms in total. The topological polar surface area (TPSA) is 60.1 Å². The molecule has 0 saturated heterocycles. The van der Waals surface area contributed by atoms with E-state index in [0.29, 0.717) is 0 Å². The van der Waals surface area contributed by atoms with Gasteiger partial charge in [-0.25, -0.2) is 9.97 Å². The quantitative estimate of drug-likeness (QED) is 0.609. The van der Waals surface area contributed by atoms with Crippen molar-refractivity contribution < 1.29 is 4.90 Å². The van der Waals surface area contributed by atoms with Gasteiger partial charge in [0.2, 0.25) is 0 Å². The maximum Gasteiger partial charge on any atom is 0.150 e. The van der Waals surface area contributed by atoms with Gasteiger partial charge in [0.1, 0.15) is 12.1 Å². The first-order chi connectivity index (χ1) is 12.7. The first-order valence-electron chi connectivity index (χ1n) is 9.47. The number of anilines is 1. The van der Waals surface area contributed by atoms with E-state index < -0.39 is 0 Å². The van der Waals surface area contributed by atoms with E-state index in [4.69, 9.17) is 0 Å². The van der Waals surface area contributed by atoms with Crippen LogP contribution in [0.4, 0.5) is 5.82 Å². The third kappa shape index (κ3) is 3.55. The molecule has 0 radical (unpaired) electrons. The zero-order valence-corrected chi connectivity index (χ0v) is 16.2. The molecule has 0 bridgehead atoms. The minimum Gasteiger partial charge on any atom is -0.369 e. The SMILES string of the molecule is CC[NH+](CC)CCCNc1ncnc2c1c(C)c(C)n2-c1ccncc1. The fourth-order valence-corrected chi connectivity index (χ4v) is 3.49. The first kappa shape index (κ1) is 18.3. The van der Waals surface area contributed by atoms with Gasteiger partial charge < -0.3 is 10.2 Å². The zero-order valence-electron chi connectivity index (χ0n) is 16.2. The number of pyridine rings is 1. The van der Waals surface area contributed by atoms with E-state index in [9.17, 15) is 0 Å². The number of hydrogen-bond acceptors (Lipinski definition) is 4. The van der Waals surface area contributed by atoms with Gasteiger partial charge in [0.15, 0.2) is 5.65 Å². The maximum absolute atomic E-state index is 4.57. The van der Waals surface area contributed by atoms with Crippen molar-refractivity contribution in [2.75, 3.05) is 31.5 Å². The van der Waals surface area contributed by atoms with Crippen LogP contribution in [-0.2, 0) is 0 Å². The Hall–Kier alpha value is -2.47. The van der Waals surface area contributed by atoms with Crippen LogP contribution in [0.3, 0.4) is 0 Å². The van der Waals surface area contributed by atoms with Crippen molar-refractivity contribution in [1.29, 1.82) is 0 Å². The molecule has 26 heavy (non-hydrogen) atoms. The summed E-state index contributed by atoms with van der Waals surface area (Å²) < 4.78 is 2.18. The number of quaternary nitrogens is 1. The number of nitrogens with one attached hydrogen (secondary N) is 2. The third-order valence-corrected chi connectivity index (χ3v) is 5.21. The van der Waals surface area contributed by atoms with Gasteiger partial charge in [-0.15, -0.1) is 0 Å². The van der Waals surface area contributed by atoms with Crippen LogP contribution in [0.5, 0.6) is 0 Å². The van der Waals surface area contributed by atoms with Gasteiger partial charge in [-0.05, 0) is 45.4 Å². The van der Waals surface area contributed by atoms with E-state index >= 15 is 0 Å². The predicted octanol–water partition coefficient (Wildman–Crippen LogP) is 2.16. The Bertz CT molecular complexity index is 852. The minimum absolute atomic E-state index is 0.925. The van der Waals surface area contributed by atoms with Crippen LogP contribution in [0.1, 0.15) is 31.5 Å². The Kier molecular flexibility index (Phi) is 5.83. The number of aromatic nitrogens is 4. The summed E-state index contributed by atoms with van der Waals surface area (Å²) in [5.74, 6) is 0.929. The summed E-state index contributed by atoms with van der Waals surface area (Å²) >= 11 is 0. The van der Waals surface area contributed by atoms with Gasteiger partial charge in [-0.1, -0.05) is 0 Å². The molecule has 0 aliphatic rings. The first-order valence-corrected chi connectivity index (χ1v) is 9.47. The minimum atomic E-state index is 0.925. The molecule has 0 atom stereocenters. The average molecular weight is 353 g/mol. The van der Waals surface area contributed by atoms with Crippen molar-refractivity contribution in [3.05, 3.63) is 42.1 Å². The largest absolute Gasteiger partial charge is 0.369 e. The summed E-state index contributed by atoms with van der Waals surface area (Å²) in [6.45, 7) is 13.2. The number of fused-ring (bicyclic) bond motifs is 1. The van der Waals surface area contributed by atoms with Crippen LogP contribution in [-0.4, -0.2) is 45.7 Å². The van der Waals surface area contributed by atoms with E-state index in [1.807, 2.05) is 24.5 Å². The maximum atomic E-state index is 4.57. The number of rotatable bonds is 8. The van der Waals surface area contributed by atoms with Crippen molar-refractivity contribution in [3.63, 3.8) is 0 Å². The van der Waals surface area contributed by atoms with E-state index in [2.05, 4.69) is 52.5 Å². The van der Waals surface area contributed by atoms with Crippen LogP contribution in [0.15, 0.2) is 30.9 Å². The standard InChI is InChI=1S/C20H28N6/c1-5-25(6-2)13-7-10-22-19-18-15(3)16(4)26(20(18)24-14-23-19)17-8-11-21-12-9-17/h8-9,11-12,14H,5-7,10,13H2,1-4H3,(H,22,23,24)/p+1. The van der Waals surface area contributed by atoms with Gasteiger partial charge >= 0.3 is 0 Å². The van der Waals surface area contributed by atoms with Crippen LogP contribution in [0, 0.1) is 13.8 Å². The number of hydrogen-bond donors (Lipinski definition) is 2. The molecule has 0 unspecified atom stereocenters. The van der Waals surface area contributed by atoms with E-state index in [1.54, 1.807) is 11.2 Å². The second kappa shape index (κ2) is 8.27. The highest BCUT2D eigenvalue weighted by atomic mass is 15.1. The van der Waals surface area contributed by atoms with Crippen LogP contribution >= 0.6 is 0 Å². The Morgan fingerprint density at radius 2 is 1.81 bits per heavy atom. The lowest BCUT2D eigenvalue weighted by Crippen LogP contribution is -3.11. The molecule has 3 aromatic rings. The average Bonchev–Trinajstić information content (AvgIpc) is 2.94. The van der Waals surface area contributed by atoms with Crippen molar-refractivity contribution >= 4 is 16.9 Å². The van der Waals surface area contributed by atoms with Crippen LogP contribution in [0.2, 0.25) is 0 Å². The van der Waals surface area contributed by atoms with Crippen molar-refractivity contribution in [1.82, 2.24) is 19.5 Å². The van der Waals surface area contributed by atoms with E-state index in [0.717, 1.165) is 35.5 Å². The molecule has 0 aliphatic heterocycles. The third-order valence-electron chi connectivity index (χ3n) is 5.21. The Morgan fingerprint density at radius 1 is 1.08 bits per heavy atom. The Morgan fingerprint density at radius 3 is 2.50 bits per heavy atom. The molecular weight excluding hydrogens is 324 g/mol. The van der Waals surface area contributed by atoms with E-state index in [-0.39, 0.29) is 0 Å². The molecule has 0 fully saturated rings. The van der Waals surface area contributed by atoms with Gasteiger partial charge in [0, 0.05) is 31.1 Å². The molecule has 0 aromatic carbocycles. The highest BCUT2D eigenvalue weighted by Gasteiger charge is 2.17. The number of aryl methyl sites for hydroxylation is 1. The molecule has 0 amide bonds. The summed E-state index contributed by atoms with van der Waals surface area (Å²) in [6.07, 6.45) is 6.40. The van der Waals surface area contributed by atoms with Gasteiger partial charge in [-0.2, -0.15) is 0 Å². The lowest BCUT2D eigenvalue weighted by atomic mass is 10.2. The van der Waals surface area contributed by atoms with Crippen molar-refractivity contribution in [2.45, 2.75) is 34.1 Å². The molecule has 138 valence electrons. The summed E-state index contributed by atoms with van der Waals surface area (Å²) in [5.41, 5.74) is 4.42. The second-order valence-electron chi connectivity index (χ2n) is 6.66. The lowest BCUT2D eigenvalue weighted by Gasteiger charge is -2.15. The zero-order chi connectivity index (χ0) is 18.5. The summed E-state index contributed by atoms with van der Waals surface area (Å²) in [6, 6.07) is 4.02. The summed E-state index contributed by atoms with van der Waals surface area (Å²) in [4.78, 5) is 14.8. The van der Waals surface area contributed by atoms with Crippen molar-refractivity contribution in [2.24, 2.45) is 0 Å². The smallest absolute Gasteiger partial charge is 0.150 e. The van der Waals surface area contributed by atoms with Gasteiger partial charge in [0.05, 0.1) is 30.7 Å². The molecule has 3 heterocycles. The van der Waals surface area contributed by atoms with Gasteiger partial charge in [0.25, 0.3) is 0 Å². The van der Waals surface area contributed by atoms with Crippen LogP contribution < -0.4 is 10.2 Å². The van der Waals surface area contributed by atoms with Gasteiger partial charge in [-0.3, -0.25) is 9.55 Å². The Labute approximate surface area is 155 Å². The number of nitrogens with zero attached hydrogens (tertiary/aromatic N) is 4. The second-order valence-corrected chi connectivity index (χ2v) is 6.66. The Balaban J connectivity index is 1.87. The molecule has 0 saturated carbocycles. The van der Waals surface area contributed by atoms with Crippen LogP contribution in [0.25, 0.3) is 16.7 Å². The summed E-state index contributed by atoms with van der Waals surface area (Å²) in [7, 11) is 0. The molecule has 3 aromatic heterocycles. The van der Waals surface area contributed by atoms with E-state index in [1.165, 1.54) is 30.9 Å². The predicted molar refractivity (Wildman–Crippen MR) is 106 cm³/mol. The highest BCUT2D eigenvalue weighted by molar-refractivity contribution is 5.93. The molecule has 2 N–H and O–H groups in total. The lowest BCUT2D eigenvalue weighted by molar-refractivity contribution is -0.896. The summed E-state index contributed by atoms with van der Waals surface area (Å²) in [5, 5.41) is 4.64. The molecule has 0 spiro atoms. The fraction of sp³-hybridized carbons (Fsp3) is 0.450. The molecule has 3 rings (SSSR count). The van der Waals surface area contributed by atoms with Crippen molar-refractivity contribution in [3.8, 4) is 5.69 Å². The molecule has 0 aliphatic carbocycles. The molecular formula is C20H29N6+. The monoisotopic (exact) mass is 353 g/mol. The normalized spacial score (nSPS) is 11.4. The fourth-order valence-electron chi connectivity index (χ4n) is 3.49.